The van der Waals surface area contributed by atoms with Crippen LogP contribution in [0.4, 0.5) is 0 Å². The van der Waals surface area contributed by atoms with Gasteiger partial charge in [0.25, 0.3) is 5.56 Å². The summed E-state index contributed by atoms with van der Waals surface area (Å²) in [6.07, 6.45) is 3.96. The van der Waals surface area contributed by atoms with Gasteiger partial charge in [0, 0.05) is 43.0 Å². The van der Waals surface area contributed by atoms with Crippen molar-refractivity contribution in [3.63, 3.8) is 0 Å². The first-order valence-corrected chi connectivity index (χ1v) is 8.18. The highest BCUT2D eigenvalue weighted by Gasteiger charge is 2.29. The second-order valence-corrected chi connectivity index (χ2v) is 6.76. The van der Waals surface area contributed by atoms with Crippen LogP contribution < -0.4 is 5.56 Å². The van der Waals surface area contributed by atoms with Crippen LogP contribution in [-0.4, -0.2) is 37.2 Å². The molecule has 22 heavy (non-hydrogen) atoms. The van der Waals surface area contributed by atoms with E-state index in [0.717, 1.165) is 36.0 Å². The van der Waals surface area contributed by atoms with Crippen LogP contribution in [0.25, 0.3) is 4.96 Å². The first-order chi connectivity index (χ1) is 10.6. The quantitative estimate of drug-likeness (QED) is 0.737. The van der Waals surface area contributed by atoms with Gasteiger partial charge >= 0.3 is 0 Å². The van der Waals surface area contributed by atoms with Gasteiger partial charge in [-0.3, -0.25) is 18.8 Å². The van der Waals surface area contributed by atoms with Gasteiger partial charge in [0.1, 0.15) is 0 Å². The minimum Gasteiger partial charge on any atom is -0.293 e. The predicted octanol–water partition coefficient (Wildman–Crippen LogP) is 1.63. The number of aromatic nitrogens is 4. The van der Waals surface area contributed by atoms with E-state index in [0.29, 0.717) is 6.04 Å². The molecule has 114 valence electrons. The Labute approximate surface area is 131 Å². The maximum absolute atomic E-state index is 12.2. The first-order valence-electron chi connectivity index (χ1n) is 7.30. The van der Waals surface area contributed by atoms with Gasteiger partial charge in [0.2, 0.25) is 0 Å². The summed E-state index contributed by atoms with van der Waals surface area (Å²) in [7, 11) is 0. The molecular weight excluding hydrogens is 298 g/mol. The molecule has 0 radical (unpaired) electrons. The summed E-state index contributed by atoms with van der Waals surface area (Å²) in [5.74, 6) is 0. The molecule has 7 heteroatoms. The van der Waals surface area contributed by atoms with Gasteiger partial charge in [0.15, 0.2) is 4.96 Å². The van der Waals surface area contributed by atoms with E-state index in [-0.39, 0.29) is 5.56 Å². The monoisotopic (exact) mass is 315 g/mol. The van der Waals surface area contributed by atoms with Gasteiger partial charge in [0.05, 0.1) is 17.9 Å². The van der Waals surface area contributed by atoms with Crippen LogP contribution in [0.2, 0.25) is 0 Å². The molecule has 4 heterocycles. The fourth-order valence-corrected chi connectivity index (χ4v) is 3.77. The SMILES string of the molecule is Cc1cnn(C2CN(Cc3cc(=O)n4c(C)csc4n3)C2)c1. The topological polar surface area (TPSA) is 55.4 Å². The van der Waals surface area contributed by atoms with E-state index < -0.39 is 0 Å². The van der Waals surface area contributed by atoms with Crippen LogP contribution in [0.1, 0.15) is 23.0 Å². The molecule has 1 saturated heterocycles. The summed E-state index contributed by atoms with van der Waals surface area (Å²) < 4.78 is 3.69. The first kappa shape index (κ1) is 13.7. The molecule has 0 N–H and O–H groups in total. The molecule has 4 rings (SSSR count). The lowest BCUT2D eigenvalue weighted by molar-refractivity contribution is 0.0895. The lowest BCUT2D eigenvalue weighted by Crippen LogP contribution is -2.47. The number of hydrogen-bond acceptors (Lipinski definition) is 5. The average Bonchev–Trinajstić information content (AvgIpc) is 3.00. The van der Waals surface area contributed by atoms with Crippen molar-refractivity contribution in [3.8, 4) is 0 Å². The van der Waals surface area contributed by atoms with E-state index in [1.807, 2.05) is 23.2 Å². The van der Waals surface area contributed by atoms with E-state index in [4.69, 9.17) is 0 Å². The molecule has 0 aliphatic carbocycles. The Hall–Kier alpha value is -1.99. The van der Waals surface area contributed by atoms with Crippen molar-refractivity contribution >= 4 is 16.3 Å². The minimum atomic E-state index is 0.0125. The molecule has 0 aromatic carbocycles. The van der Waals surface area contributed by atoms with Crippen molar-refractivity contribution < 1.29 is 0 Å². The second-order valence-electron chi connectivity index (χ2n) is 5.93. The lowest BCUT2D eigenvalue weighted by atomic mass is 10.1. The zero-order chi connectivity index (χ0) is 15.3. The van der Waals surface area contributed by atoms with E-state index in [9.17, 15) is 4.79 Å². The van der Waals surface area contributed by atoms with Crippen molar-refractivity contribution in [2.24, 2.45) is 0 Å². The average molecular weight is 315 g/mol. The third-order valence-corrected chi connectivity index (χ3v) is 5.00. The van der Waals surface area contributed by atoms with Crippen molar-refractivity contribution in [1.82, 2.24) is 24.1 Å². The second kappa shape index (κ2) is 5.03. The standard InChI is InChI=1S/C15H17N5OS/c1-10-4-16-19(5-10)13-7-18(8-13)6-12-3-14(21)20-11(2)9-22-15(20)17-12/h3-5,9,13H,6-8H2,1-2H3. The maximum Gasteiger partial charge on any atom is 0.259 e. The Morgan fingerprint density at radius 3 is 2.91 bits per heavy atom. The summed E-state index contributed by atoms with van der Waals surface area (Å²) in [5, 5.41) is 6.33. The minimum absolute atomic E-state index is 0.0125. The summed E-state index contributed by atoms with van der Waals surface area (Å²) in [6.45, 7) is 6.60. The fraction of sp³-hybridized carbons (Fsp3) is 0.400. The lowest BCUT2D eigenvalue weighted by Gasteiger charge is -2.38. The smallest absolute Gasteiger partial charge is 0.259 e. The highest BCUT2D eigenvalue weighted by molar-refractivity contribution is 7.15. The number of hydrogen-bond donors (Lipinski definition) is 0. The normalized spacial score (nSPS) is 16.3. The molecule has 0 atom stereocenters. The van der Waals surface area contributed by atoms with Crippen molar-refractivity contribution in [2.75, 3.05) is 13.1 Å². The molecular formula is C15H17N5OS. The third-order valence-electron chi connectivity index (χ3n) is 4.06. The molecule has 3 aromatic heterocycles. The van der Waals surface area contributed by atoms with Crippen LogP contribution >= 0.6 is 11.3 Å². The van der Waals surface area contributed by atoms with E-state index in [1.54, 1.807) is 10.5 Å². The van der Waals surface area contributed by atoms with Gasteiger partial charge in [-0.1, -0.05) is 0 Å². The summed E-state index contributed by atoms with van der Waals surface area (Å²) in [6, 6.07) is 2.08. The third kappa shape index (κ3) is 2.26. The summed E-state index contributed by atoms with van der Waals surface area (Å²) in [5.41, 5.74) is 2.99. The molecule has 0 amide bonds. The molecule has 1 aliphatic rings. The van der Waals surface area contributed by atoms with Gasteiger partial charge in [-0.2, -0.15) is 5.10 Å². The van der Waals surface area contributed by atoms with Gasteiger partial charge in [-0.25, -0.2) is 4.98 Å². The molecule has 0 saturated carbocycles. The summed E-state index contributed by atoms with van der Waals surface area (Å²) >= 11 is 1.51. The highest BCUT2D eigenvalue weighted by Crippen LogP contribution is 2.22. The maximum atomic E-state index is 12.2. The fourth-order valence-electron chi connectivity index (χ4n) is 2.88. The van der Waals surface area contributed by atoms with Gasteiger partial charge in [-0.15, -0.1) is 11.3 Å². The van der Waals surface area contributed by atoms with Crippen LogP contribution in [0.5, 0.6) is 0 Å². The number of fused-ring (bicyclic) bond motifs is 1. The Kier molecular flexibility index (Phi) is 3.12. The van der Waals surface area contributed by atoms with E-state index in [1.165, 1.54) is 16.9 Å². The number of rotatable bonds is 3. The van der Waals surface area contributed by atoms with E-state index in [2.05, 4.69) is 28.1 Å². The van der Waals surface area contributed by atoms with Crippen LogP contribution in [0, 0.1) is 13.8 Å². The summed E-state index contributed by atoms with van der Waals surface area (Å²) in [4.78, 5) is 19.8. The highest BCUT2D eigenvalue weighted by atomic mass is 32.1. The van der Waals surface area contributed by atoms with Crippen LogP contribution in [-0.2, 0) is 6.54 Å². The largest absolute Gasteiger partial charge is 0.293 e. The Balaban J connectivity index is 1.48. The van der Waals surface area contributed by atoms with Crippen LogP contribution in [0.3, 0.4) is 0 Å². The Morgan fingerprint density at radius 1 is 1.36 bits per heavy atom. The molecule has 1 aliphatic heterocycles. The zero-order valence-electron chi connectivity index (χ0n) is 12.6. The molecule has 1 fully saturated rings. The molecule has 0 unspecified atom stereocenters. The van der Waals surface area contributed by atoms with Gasteiger partial charge in [-0.05, 0) is 19.4 Å². The van der Waals surface area contributed by atoms with Crippen molar-refractivity contribution in [2.45, 2.75) is 26.4 Å². The predicted molar refractivity (Wildman–Crippen MR) is 85.4 cm³/mol. The zero-order valence-corrected chi connectivity index (χ0v) is 13.4. The number of nitrogens with zero attached hydrogens (tertiary/aromatic N) is 5. The number of aryl methyl sites for hydroxylation is 2. The number of likely N-dealkylation sites (tertiary alicyclic amines) is 1. The van der Waals surface area contributed by atoms with Crippen molar-refractivity contribution in [1.29, 1.82) is 0 Å². The Bertz CT molecular complexity index is 887. The molecule has 6 nitrogen and oxygen atoms in total. The molecule has 0 bridgehead atoms. The van der Waals surface area contributed by atoms with E-state index >= 15 is 0 Å². The molecule has 3 aromatic rings. The number of thiazole rings is 1. The Morgan fingerprint density at radius 2 is 2.18 bits per heavy atom. The molecule has 0 spiro atoms. The van der Waals surface area contributed by atoms with Crippen LogP contribution in [0.15, 0.2) is 28.6 Å². The van der Waals surface area contributed by atoms with Gasteiger partial charge < -0.3 is 0 Å². The van der Waals surface area contributed by atoms with Crippen molar-refractivity contribution in [3.05, 3.63) is 51.1 Å².